The second kappa shape index (κ2) is 7.09. The molecule has 0 N–H and O–H groups in total. The number of rotatable bonds is 3. The molecule has 0 saturated carbocycles. The molecule has 5 rings (SSSR count). The Kier molecular flexibility index (Phi) is 4.43. The van der Waals surface area contributed by atoms with Crippen LogP contribution in [0.15, 0.2) is 87.4 Å². The van der Waals surface area contributed by atoms with Gasteiger partial charge in [-0.25, -0.2) is 9.38 Å². The number of thiazole rings is 1. The van der Waals surface area contributed by atoms with Gasteiger partial charge in [0.05, 0.1) is 15.6 Å². The molecular weight excluding hydrogens is 408 g/mol. The molecule has 136 valence electrons. The number of nitrogens with zero attached hydrogens (tertiary/aromatic N) is 2. The molecule has 6 heteroatoms. The molecule has 0 bridgehead atoms. The van der Waals surface area contributed by atoms with Crippen molar-refractivity contribution in [1.82, 2.24) is 9.38 Å². The highest BCUT2D eigenvalue weighted by Crippen LogP contribution is 2.31. The molecule has 0 aliphatic heterocycles. The van der Waals surface area contributed by atoms with Gasteiger partial charge in [-0.3, -0.25) is 4.79 Å². The van der Waals surface area contributed by atoms with E-state index in [1.807, 2.05) is 72.8 Å². The summed E-state index contributed by atoms with van der Waals surface area (Å²) in [6, 6.07) is 23.5. The van der Waals surface area contributed by atoms with Crippen LogP contribution in [0, 0.1) is 0 Å². The first kappa shape index (κ1) is 17.5. The minimum absolute atomic E-state index is 0.0278. The fourth-order valence-electron chi connectivity index (χ4n) is 3.08. The molecular formula is C22H13ClN2OS2. The third kappa shape index (κ3) is 3.11. The lowest BCUT2D eigenvalue weighted by Crippen LogP contribution is -2.22. The zero-order chi connectivity index (χ0) is 19.1. The van der Waals surface area contributed by atoms with Crippen molar-refractivity contribution in [3.8, 4) is 0 Å². The van der Waals surface area contributed by atoms with Gasteiger partial charge in [-0.2, -0.15) is 0 Å². The Morgan fingerprint density at radius 3 is 2.57 bits per heavy atom. The van der Waals surface area contributed by atoms with Crippen LogP contribution in [0.5, 0.6) is 0 Å². The van der Waals surface area contributed by atoms with Crippen LogP contribution in [0.25, 0.3) is 22.1 Å². The molecule has 0 amide bonds. The smallest absolute Gasteiger partial charge is 0.267 e. The first-order valence-electron chi connectivity index (χ1n) is 8.63. The molecule has 3 nitrogen and oxygen atoms in total. The van der Waals surface area contributed by atoms with Crippen LogP contribution in [0.2, 0.25) is 5.02 Å². The monoisotopic (exact) mass is 420 g/mol. The van der Waals surface area contributed by atoms with E-state index in [4.69, 9.17) is 11.6 Å². The fraction of sp³-hybridized carbons (Fsp3) is 0. The van der Waals surface area contributed by atoms with Crippen LogP contribution in [-0.4, -0.2) is 9.38 Å². The first-order valence-corrected chi connectivity index (χ1v) is 10.6. The van der Waals surface area contributed by atoms with E-state index in [9.17, 15) is 4.79 Å². The first-order chi connectivity index (χ1) is 13.7. The van der Waals surface area contributed by atoms with Crippen molar-refractivity contribution in [2.75, 3.05) is 0 Å². The Morgan fingerprint density at radius 2 is 1.71 bits per heavy atom. The molecule has 2 aromatic heterocycles. The van der Waals surface area contributed by atoms with Gasteiger partial charge in [0.15, 0.2) is 4.96 Å². The van der Waals surface area contributed by atoms with Gasteiger partial charge < -0.3 is 0 Å². The lowest BCUT2D eigenvalue weighted by atomic mass is 10.2. The average molecular weight is 421 g/mol. The van der Waals surface area contributed by atoms with Crippen LogP contribution in [-0.2, 0) is 0 Å². The highest BCUT2D eigenvalue weighted by Gasteiger charge is 2.11. The number of hydrogen-bond donors (Lipinski definition) is 0. The summed E-state index contributed by atoms with van der Waals surface area (Å²) in [5.41, 5.74) is 2.67. The Bertz CT molecular complexity index is 1420. The number of fused-ring (bicyclic) bond motifs is 3. The lowest BCUT2D eigenvalue weighted by molar-refractivity contribution is 1.19. The predicted octanol–water partition coefficient (Wildman–Crippen LogP) is 5.26. The van der Waals surface area contributed by atoms with E-state index < -0.39 is 0 Å². The minimum atomic E-state index is -0.0278. The summed E-state index contributed by atoms with van der Waals surface area (Å²) in [6.07, 6.45) is 1.95. The van der Waals surface area contributed by atoms with Crippen molar-refractivity contribution in [2.24, 2.45) is 0 Å². The molecule has 3 aromatic carbocycles. The molecule has 0 atom stereocenters. The second-order valence-corrected chi connectivity index (χ2v) is 8.79. The SMILES string of the molecule is O=c1/c(=C/c2ccccc2Sc2ccc(Cl)cc2)sc2nc3ccccc3n12. The van der Waals surface area contributed by atoms with E-state index >= 15 is 0 Å². The predicted molar refractivity (Wildman–Crippen MR) is 118 cm³/mol. The van der Waals surface area contributed by atoms with Gasteiger partial charge in [0.2, 0.25) is 0 Å². The van der Waals surface area contributed by atoms with E-state index in [2.05, 4.69) is 11.1 Å². The van der Waals surface area contributed by atoms with Crippen LogP contribution in [0.3, 0.4) is 0 Å². The number of benzene rings is 3. The Balaban J connectivity index is 1.62. The molecule has 5 aromatic rings. The van der Waals surface area contributed by atoms with E-state index in [0.29, 0.717) is 9.55 Å². The third-order valence-corrected chi connectivity index (χ3v) is 6.71. The molecule has 0 aliphatic carbocycles. The van der Waals surface area contributed by atoms with Gasteiger partial charge in [-0.1, -0.05) is 65.0 Å². The molecule has 0 radical (unpaired) electrons. The van der Waals surface area contributed by atoms with Crippen molar-refractivity contribution >= 4 is 56.8 Å². The van der Waals surface area contributed by atoms with E-state index in [0.717, 1.165) is 31.3 Å². The quantitative estimate of drug-likeness (QED) is 0.399. The van der Waals surface area contributed by atoms with Crippen molar-refractivity contribution in [2.45, 2.75) is 9.79 Å². The highest BCUT2D eigenvalue weighted by atomic mass is 35.5. The van der Waals surface area contributed by atoms with Gasteiger partial charge in [0.25, 0.3) is 5.56 Å². The van der Waals surface area contributed by atoms with Crippen molar-refractivity contribution < 1.29 is 0 Å². The van der Waals surface area contributed by atoms with Crippen molar-refractivity contribution in [3.05, 3.63) is 98.3 Å². The van der Waals surface area contributed by atoms with Gasteiger partial charge in [-0.15, -0.1) is 0 Å². The summed E-state index contributed by atoms with van der Waals surface area (Å²) in [5.74, 6) is 0. The molecule has 0 spiro atoms. The number of halogens is 1. The summed E-state index contributed by atoms with van der Waals surface area (Å²) >= 11 is 9.05. The Morgan fingerprint density at radius 1 is 0.964 bits per heavy atom. The number of para-hydroxylation sites is 2. The van der Waals surface area contributed by atoms with E-state index in [1.54, 1.807) is 16.2 Å². The molecule has 0 fully saturated rings. The Hall–Kier alpha value is -2.60. The minimum Gasteiger partial charge on any atom is -0.267 e. The maximum atomic E-state index is 13.0. The van der Waals surface area contributed by atoms with E-state index in [-0.39, 0.29) is 5.56 Å². The number of aromatic nitrogens is 2. The zero-order valence-corrected chi connectivity index (χ0v) is 16.9. The number of hydrogen-bond acceptors (Lipinski definition) is 4. The highest BCUT2D eigenvalue weighted by molar-refractivity contribution is 7.99. The molecule has 2 heterocycles. The molecule has 0 saturated heterocycles. The van der Waals surface area contributed by atoms with Crippen molar-refractivity contribution in [3.63, 3.8) is 0 Å². The standard InChI is InChI=1S/C22H13ClN2OS2/c23-15-9-11-16(12-10-15)27-19-8-4-1-5-14(19)13-20-21(26)25-18-7-3-2-6-17(18)24-22(25)28-20/h1-13H/b20-13-. The summed E-state index contributed by atoms with van der Waals surface area (Å²) in [6.45, 7) is 0. The Labute approximate surface area is 173 Å². The molecule has 0 unspecified atom stereocenters. The topological polar surface area (TPSA) is 34.4 Å². The van der Waals surface area contributed by atoms with Crippen LogP contribution >= 0.6 is 34.7 Å². The van der Waals surface area contributed by atoms with Gasteiger partial charge >= 0.3 is 0 Å². The van der Waals surface area contributed by atoms with Crippen LogP contribution in [0.1, 0.15) is 5.56 Å². The summed E-state index contributed by atoms with van der Waals surface area (Å²) < 4.78 is 2.37. The maximum absolute atomic E-state index is 13.0. The van der Waals surface area contributed by atoms with Crippen LogP contribution in [0.4, 0.5) is 0 Å². The second-order valence-electron chi connectivity index (χ2n) is 6.23. The van der Waals surface area contributed by atoms with Crippen LogP contribution < -0.4 is 10.1 Å². The maximum Gasteiger partial charge on any atom is 0.274 e. The zero-order valence-electron chi connectivity index (χ0n) is 14.5. The van der Waals surface area contributed by atoms with Gasteiger partial charge in [0, 0.05) is 14.8 Å². The van der Waals surface area contributed by atoms with E-state index in [1.165, 1.54) is 11.3 Å². The average Bonchev–Trinajstić information content (AvgIpc) is 3.21. The summed E-state index contributed by atoms with van der Waals surface area (Å²) in [4.78, 5) is 20.5. The van der Waals surface area contributed by atoms with Gasteiger partial charge in [-0.05, 0) is 54.1 Å². The summed E-state index contributed by atoms with van der Waals surface area (Å²) in [5, 5.41) is 0.717. The molecule has 0 aliphatic rings. The largest absolute Gasteiger partial charge is 0.274 e. The summed E-state index contributed by atoms with van der Waals surface area (Å²) in [7, 11) is 0. The lowest BCUT2D eigenvalue weighted by Gasteiger charge is -2.05. The number of imidazole rings is 1. The molecule has 28 heavy (non-hydrogen) atoms. The van der Waals surface area contributed by atoms with Gasteiger partial charge in [0.1, 0.15) is 0 Å². The normalized spacial score (nSPS) is 12.2. The third-order valence-electron chi connectivity index (χ3n) is 4.39. The fourth-order valence-corrected chi connectivity index (χ4v) is 5.10. The van der Waals surface area contributed by atoms with Crippen molar-refractivity contribution in [1.29, 1.82) is 0 Å².